The Bertz CT molecular complexity index is 592. The van der Waals surface area contributed by atoms with Crippen molar-refractivity contribution in [3.05, 3.63) is 40.9 Å². The molecule has 1 amide bonds. The molecule has 1 aromatic carbocycles. The molecule has 124 valence electrons. The van der Waals surface area contributed by atoms with E-state index in [1.54, 1.807) is 29.2 Å². The van der Waals surface area contributed by atoms with Crippen LogP contribution < -0.4 is 0 Å². The second-order valence-electron chi connectivity index (χ2n) is 5.55. The Hall–Kier alpha value is -1.85. The summed E-state index contributed by atoms with van der Waals surface area (Å²) in [4.78, 5) is 25.4. The van der Waals surface area contributed by atoms with Crippen molar-refractivity contribution < 1.29 is 19.1 Å². The highest BCUT2D eigenvalue weighted by atomic mass is 35.5. The Morgan fingerprint density at radius 3 is 2.70 bits per heavy atom. The third kappa shape index (κ3) is 5.69. The Labute approximate surface area is 140 Å². The molecule has 1 aliphatic rings. The lowest BCUT2D eigenvalue weighted by Crippen LogP contribution is -2.49. The predicted molar refractivity (Wildman–Crippen MR) is 88.0 cm³/mol. The molecule has 5 nitrogen and oxygen atoms in total. The first-order valence-corrected chi connectivity index (χ1v) is 7.85. The summed E-state index contributed by atoms with van der Waals surface area (Å²) >= 11 is 5.86. The number of carbonyl (C=O) groups is 2. The molecule has 0 unspecified atom stereocenters. The van der Waals surface area contributed by atoms with Crippen molar-refractivity contribution in [2.75, 3.05) is 19.7 Å². The number of benzene rings is 1. The van der Waals surface area contributed by atoms with Crippen molar-refractivity contribution in [1.82, 2.24) is 4.90 Å². The van der Waals surface area contributed by atoms with E-state index in [-0.39, 0.29) is 24.7 Å². The fourth-order valence-corrected chi connectivity index (χ4v) is 2.63. The predicted octanol–water partition coefficient (Wildman–Crippen LogP) is 2.53. The maximum absolute atomic E-state index is 12.1. The smallest absolute Gasteiger partial charge is 0.331 e. The lowest BCUT2D eigenvalue weighted by atomic mass is 10.2. The molecule has 0 saturated carbocycles. The first-order chi connectivity index (χ1) is 10.9. The van der Waals surface area contributed by atoms with Gasteiger partial charge in [-0.05, 0) is 37.6 Å². The SMILES string of the molecule is C[C@@H]1CN(C(=O)COC(=O)/C=C/c2cccc(Cl)c2)C[C@H](C)O1. The van der Waals surface area contributed by atoms with Crippen LogP contribution >= 0.6 is 11.6 Å². The van der Waals surface area contributed by atoms with Crippen LogP contribution in [0.4, 0.5) is 0 Å². The molecule has 23 heavy (non-hydrogen) atoms. The highest BCUT2D eigenvalue weighted by Gasteiger charge is 2.26. The molecular weight excluding hydrogens is 318 g/mol. The minimum atomic E-state index is -0.562. The number of amides is 1. The summed E-state index contributed by atoms with van der Waals surface area (Å²) in [5, 5.41) is 0.589. The van der Waals surface area contributed by atoms with Crippen LogP contribution in [0.15, 0.2) is 30.3 Å². The van der Waals surface area contributed by atoms with E-state index in [4.69, 9.17) is 21.1 Å². The van der Waals surface area contributed by atoms with E-state index in [9.17, 15) is 9.59 Å². The fraction of sp³-hybridized carbons (Fsp3) is 0.412. The van der Waals surface area contributed by atoms with Crippen LogP contribution in [-0.4, -0.2) is 48.7 Å². The summed E-state index contributed by atoms with van der Waals surface area (Å²) in [6.07, 6.45) is 2.85. The maximum atomic E-state index is 12.1. The topological polar surface area (TPSA) is 55.8 Å². The summed E-state index contributed by atoms with van der Waals surface area (Å²) in [7, 11) is 0. The number of halogens is 1. The molecule has 6 heteroatoms. The van der Waals surface area contributed by atoms with Gasteiger partial charge in [-0.15, -0.1) is 0 Å². The third-order valence-electron chi connectivity index (χ3n) is 3.37. The number of hydrogen-bond acceptors (Lipinski definition) is 4. The molecule has 0 radical (unpaired) electrons. The van der Waals surface area contributed by atoms with E-state index in [0.717, 1.165) is 5.56 Å². The lowest BCUT2D eigenvalue weighted by molar-refractivity contribution is -0.154. The molecule has 0 bridgehead atoms. The van der Waals surface area contributed by atoms with Gasteiger partial charge in [-0.25, -0.2) is 4.79 Å². The van der Waals surface area contributed by atoms with Gasteiger partial charge in [0.2, 0.25) is 0 Å². The van der Waals surface area contributed by atoms with Crippen LogP contribution in [0, 0.1) is 0 Å². The van der Waals surface area contributed by atoms with Gasteiger partial charge < -0.3 is 14.4 Å². The number of morpholine rings is 1. The molecule has 1 aliphatic heterocycles. The number of esters is 1. The zero-order valence-corrected chi connectivity index (χ0v) is 14.0. The van der Waals surface area contributed by atoms with Gasteiger partial charge in [0.1, 0.15) is 0 Å². The maximum Gasteiger partial charge on any atom is 0.331 e. The first kappa shape index (κ1) is 17.5. The van der Waals surface area contributed by atoms with Gasteiger partial charge in [0.25, 0.3) is 5.91 Å². The quantitative estimate of drug-likeness (QED) is 0.626. The van der Waals surface area contributed by atoms with Gasteiger partial charge in [-0.2, -0.15) is 0 Å². The average Bonchev–Trinajstić information content (AvgIpc) is 2.49. The highest BCUT2D eigenvalue weighted by Crippen LogP contribution is 2.12. The van der Waals surface area contributed by atoms with E-state index in [0.29, 0.717) is 18.1 Å². The Balaban J connectivity index is 1.80. The van der Waals surface area contributed by atoms with Gasteiger partial charge in [0, 0.05) is 24.2 Å². The molecule has 2 atom stereocenters. The highest BCUT2D eigenvalue weighted by molar-refractivity contribution is 6.30. The molecule has 2 rings (SSSR count). The molecule has 1 saturated heterocycles. The van der Waals surface area contributed by atoms with E-state index >= 15 is 0 Å². The summed E-state index contributed by atoms with van der Waals surface area (Å²) in [5.41, 5.74) is 0.789. The molecular formula is C17H20ClNO4. The Kier molecular flexibility index (Phi) is 6.19. The molecule has 1 aromatic rings. The van der Waals surface area contributed by atoms with Crippen LogP contribution in [-0.2, 0) is 19.1 Å². The zero-order chi connectivity index (χ0) is 16.8. The molecule has 1 heterocycles. The zero-order valence-electron chi connectivity index (χ0n) is 13.2. The molecule has 1 fully saturated rings. The van der Waals surface area contributed by atoms with Gasteiger partial charge >= 0.3 is 5.97 Å². The van der Waals surface area contributed by atoms with Gasteiger partial charge in [0.05, 0.1) is 12.2 Å². The summed E-state index contributed by atoms with van der Waals surface area (Å²) in [5.74, 6) is -0.774. The van der Waals surface area contributed by atoms with Crippen LogP contribution in [0.5, 0.6) is 0 Å². The van der Waals surface area contributed by atoms with E-state index in [1.165, 1.54) is 6.08 Å². The summed E-state index contributed by atoms with van der Waals surface area (Å²) < 4.78 is 10.6. The van der Waals surface area contributed by atoms with Crippen LogP contribution in [0.25, 0.3) is 6.08 Å². The van der Waals surface area contributed by atoms with Gasteiger partial charge in [0.15, 0.2) is 6.61 Å². The van der Waals surface area contributed by atoms with E-state index < -0.39 is 5.97 Å². The second kappa shape index (κ2) is 8.13. The van der Waals surface area contributed by atoms with Crippen molar-refractivity contribution in [1.29, 1.82) is 0 Å². The third-order valence-corrected chi connectivity index (χ3v) is 3.61. The van der Waals surface area contributed by atoms with Crippen molar-refractivity contribution in [3.8, 4) is 0 Å². The molecule has 0 aliphatic carbocycles. The first-order valence-electron chi connectivity index (χ1n) is 7.47. The standard InChI is InChI=1S/C17H20ClNO4/c1-12-9-19(10-13(2)23-12)16(20)11-22-17(21)7-6-14-4-3-5-15(18)8-14/h3-8,12-13H,9-11H2,1-2H3/b7-6+/t12-,13+. The van der Waals surface area contributed by atoms with Crippen molar-refractivity contribution in [2.45, 2.75) is 26.1 Å². The number of ether oxygens (including phenoxy) is 2. The van der Waals surface area contributed by atoms with E-state index in [2.05, 4.69) is 0 Å². The minimum Gasteiger partial charge on any atom is -0.452 e. The van der Waals surface area contributed by atoms with Gasteiger partial charge in [-0.3, -0.25) is 4.79 Å². The number of rotatable bonds is 4. The van der Waals surface area contributed by atoms with Crippen molar-refractivity contribution in [3.63, 3.8) is 0 Å². The second-order valence-corrected chi connectivity index (χ2v) is 5.99. The van der Waals surface area contributed by atoms with Crippen LogP contribution in [0.3, 0.4) is 0 Å². The Morgan fingerprint density at radius 2 is 2.04 bits per heavy atom. The normalized spacial score (nSPS) is 21.4. The lowest BCUT2D eigenvalue weighted by Gasteiger charge is -2.35. The minimum absolute atomic E-state index is 0.0128. The largest absolute Gasteiger partial charge is 0.452 e. The van der Waals surface area contributed by atoms with Gasteiger partial charge in [-0.1, -0.05) is 23.7 Å². The number of nitrogens with zero attached hydrogens (tertiary/aromatic N) is 1. The van der Waals surface area contributed by atoms with Crippen LogP contribution in [0.2, 0.25) is 5.02 Å². The van der Waals surface area contributed by atoms with Crippen molar-refractivity contribution in [2.24, 2.45) is 0 Å². The summed E-state index contributed by atoms with van der Waals surface area (Å²) in [6, 6.07) is 7.09. The number of carbonyl (C=O) groups excluding carboxylic acids is 2. The average molecular weight is 338 g/mol. The summed E-state index contributed by atoms with van der Waals surface area (Å²) in [6.45, 7) is 4.58. The monoisotopic (exact) mass is 337 g/mol. The fourth-order valence-electron chi connectivity index (χ4n) is 2.43. The molecule has 0 N–H and O–H groups in total. The van der Waals surface area contributed by atoms with E-state index in [1.807, 2.05) is 19.9 Å². The number of hydrogen-bond donors (Lipinski definition) is 0. The molecule has 0 spiro atoms. The van der Waals surface area contributed by atoms with Crippen molar-refractivity contribution >= 4 is 29.6 Å². The van der Waals surface area contributed by atoms with Crippen LogP contribution in [0.1, 0.15) is 19.4 Å². The molecule has 0 aromatic heterocycles. The Morgan fingerprint density at radius 1 is 1.35 bits per heavy atom.